The molecule has 128 valence electrons. The molecule has 3 aromatic heterocycles. The second-order valence-electron chi connectivity index (χ2n) is 5.73. The number of carbonyl (C=O) groups is 1. The van der Waals surface area contributed by atoms with Gasteiger partial charge in [-0.1, -0.05) is 12.1 Å². The fourth-order valence-electron chi connectivity index (χ4n) is 2.63. The predicted molar refractivity (Wildman–Crippen MR) is 97.1 cm³/mol. The maximum Gasteiger partial charge on any atom is 0.255 e. The van der Waals surface area contributed by atoms with E-state index < -0.39 is 0 Å². The number of benzene rings is 1. The molecule has 0 saturated heterocycles. The summed E-state index contributed by atoms with van der Waals surface area (Å²) in [6.45, 7) is 0.650. The molecule has 0 atom stereocenters. The highest BCUT2D eigenvalue weighted by Gasteiger charge is 2.09. The van der Waals surface area contributed by atoms with E-state index in [1.165, 1.54) is 0 Å². The second kappa shape index (κ2) is 7.02. The van der Waals surface area contributed by atoms with Crippen molar-refractivity contribution in [3.63, 3.8) is 0 Å². The SMILES string of the molecule is O=C(Nc1cccc(Cn2cccn2)c1)c1ccnc(-n2ccnc2)c1. The lowest BCUT2D eigenvalue weighted by molar-refractivity contribution is 0.102. The van der Waals surface area contributed by atoms with Gasteiger partial charge in [0.25, 0.3) is 5.91 Å². The molecule has 0 aliphatic heterocycles. The van der Waals surface area contributed by atoms with E-state index in [-0.39, 0.29) is 5.91 Å². The summed E-state index contributed by atoms with van der Waals surface area (Å²) in [5.41, 5.74) is 2.32. The monoisotopic (exact) mass is 344 g/mol. The number of carbonyl (C=O) groups excluding carboxylic acids is 1. The molecule has 1 aromatic carbocycles. The summed E-state index contributed by atoms with van der Waals surface area (Å²) >= 11 is 0. The molecule has 3 heterocycles. The van der Waals surface area contributed by atoms with E-state index in [0.29, 0.717) is 17.9 Å². The Hall–Kier alpha value is -3.74. The molecule has 7 heteroatoms. The molecule has 0 spiro atoms. The van der Waals surface area contributed by atoms with Crippen molar-refractivity contribution >= 4 is 11.6 Å². The van der Waals surface area contributed by atoms with Crippen LogP contribution >= 0.6 is 0 Å². The third-order valence-corrected chi connectivity index (χ3v) is 3.87. The fraction of sp³-hybridized carbons (Fsp3) is 0.0526. The molecule has 4 rings (SSSR count). The van der Waals surface area contributed by atoms with Crippen LogP contribution in [-0.2, 0) is 6.54 Å². The van der Waals surface area contributed by atoms with E-state index in [0.717, 1.165) is 11.3 Å². The Balaban J connectivity index is 1.51. The average molecular weight is 344 g/mol. The lowest BCUT2D eigenvalue weighted by Gasteiger charge is -2.09. The van der Waals surface area contributed by atoms with Crippen LogP contribution in [-0.4, -0.2) is 30.2 Å². The Kier molecular flexibility index (Phi) is 4.26. The van der Waals surface area contributed by atoms with Crippen LogP contribution in [0, 0.1) is 0 Å². The van der Waals surface area contributed by atoms with Crippen LogP contribution in [0.15, 0.2) is 79.8 Å². The van der Waals surface area contributed by atoms with Gasteiger partial charge < -0.3 is 5.32 Å². The average Bonchev–Trinajstić information content (AvgIpc) is 3.36. The van der Waals surface area contributed by atoms with Gasteiger partial charge in [-0.05, 0) is 35.9 Å². The number of hydrogen-bond donors (Lipinski definition) is 1. The third-order valence-electron chi connectivity index (χ3n) is 3.87. The zero-order chi connectivity index (χ0) is 17.8. The number of nitrogens with one attached hydrogen (secondary N) is 1. The molecule has 0 fully saturated rings. The predicted octanol–water partition coefficient (Wildman–Crippen LogP) is 2.76. The van der Waals surface area contributed by atoms with Gasteiger partial charge in [0, 0.05) is 42.2 Å². The molecule has 4 aromatic rings. The minimum atomic E-state index is -0.190. The molecule has 0 aliphatic rings. The zero-order valence-electron chi connectivity index (χ0n) is 13.9. The molecule has 0 radical (unpaired) electrons. The van der Waals surface area contributed by atoms with Crippen molar-refractivity contribution in [3.05, 3.63) is 90.9 Å². The normalized spacial score (nSPS) is 10.6. The number of aromatic nitrogens is 5. The first kappa shape index (κ1) is 15.8. The van der Waals surface area contributed by atoms with Gasteiger partial charge in [0.05, 0.1) is 6.54 Å². The molecular formula is C19H16N6O. The van der Waals surface area contributed by atoms with Gasteiger partial charge in [0.1, 0.15) is 12.1 Å². The number of imidazole rings is 1. The number of anilines is 1. The van der Waals surface area contributed by atoms with Gasteiger partial charge in [-0.2, -0.15) is 5.10 Å². The molecule has 0 bridgehead atoms. The summed E-state index contributed by atoms with van der Waals surface area (Å²) in [5.74, 6) is 0.451. The van der Waals surface area contributed by atoms with Crippen molar-refractivity contribution in [1.82, 2.24) is 24.3 Å². The van der Waals surface area contributed by atoms with Gasteiger partial charge in [-0.15, -0.1) is 0 Å². The quantitative estimate of drug-likeness (QED) is 0.604. The van der Waals surface area contributed by atoms with Crippen molar-refractivity contribution < 1.29 is 4.79 Å². The molecule has 0 saturated carbocycles. The summed E-state index contributed by atoms with van der Waals surface area (Å²) in [5, 5.41) is 7.13. The van der Waals surface area contributed by atoms with Crippen molar-refractivity contribution in [2.75, 3.05) is 5.32 Å². The first-order chi connectivity index (χ1) is 12.8. The van der Waals surface area contributed by atoms with Crippen LogP contribution in [0.1, 0.15) is 15.9 Å². The van der Waals surface area contributed by atoms with Crippen molar-refractivity contribution in [2.24, 2.45) is 0 Å². The largest absolute Gasteiger partial charge is 0.322 e. The molecule has 0 unspecified atom stereocenters. The molecule has 26 heavy (non-hydrogen) atoms. The van der Waals surface area contributed by atoms with E-state index in [1.54, 1.807) is 47.8 Å². The number of rotatable bonds is 5. The van der Waals surface area contributed by atoms with Crippen molar-refractivity contribution in [3.8, 4) is 5.82 Å². The Morgan fingerprint density at radius 1 is 1.04 bits per heavy atom. The first-order valence-electron chi connectivity index (χ1n) is 8.10. The van der Waals surface area contributed by atoms with Crippen LogP contribution in [0.2, 0.25) is 0 Å². The lowest BCUT2D eigenvalue weighted by Crippen LogP contribution is -2.13. The molecule has 0 aliphatic carbocycles. The highest BCUT2D eigenvalue weighted by atomic mass is 16.1. The second-order valence-corrected chi connectivity index (χ2v) is 5.73. The minimum Gasteiger partial charge on any atom is -0.322 e. The first-order valence-corrected chi connectivity index (χ1v) is 8.10. The maximum atomic E-state index is 12.6. The Morgan fingerprint density at radius 2 is 2.00 bits per heavy atom. The zero-order valence-corrected chi connectivity index (χ0v) is 13.9. The molecular weight excluding hydrogens is 328 g/mol. The minimum absolute atomic E-state index is 0.190. The highest BCUT2D eigenvalue weighted by Crippen LogP contribution is 2.14. The van der Waals surface area contributed by atoms with Gasteiger partial charge in [-0.3, -0.25) is 14.0 Å². The van der Waals surface area contributed by atoms with Crippen LogP contribution < -0.4 is 5.32 Å². The topological polar surface area (TPSA) is 77.6 Å². The van der Waals surface area contributed by atoms with Gasteiger partial charge in [-0.25, -0.2) is 9.97 Å². The van der Waals surface area contributed by atoms with Crippen LogP contribution in [0.3, 0.4) is 0 Å². The number of nitrogens with zero attached hydrogens (tertiary/aromatic N) is 5. The van der Waals surface area contributed by atoms with Crippen LogP contribution in [0.25, 0.3) is 5.82 Å². The van der Waals surface area contributed by atoms with Crippen LogP contribution in [0.4, 0.5) is 5.69 Å². The van der Waals surface area contributed by atoms with Gasteiger partial charge in [0.15, 0.2) is 0 Å². The van der Waals surface area contributed by atoms with Crippen LogP contribution in [0.5, 0.6) is 0 Å². The lowest BCUT2D eigenvalue weighted by atomic mass is 10.2. The van der Waals surface area contributed by atoms with E-state index in [2.05, 4.69) is 20.4 Å². The summed E-state index contributed by atoms with van der Waals surface area (Å²) in [6.07, 6.45) is 10.3. The smallest absolute Gasteiger partial charge is 0.255 e. The van der Waals surface area contributed by atoms with E-state index in [9.17, 15) is 4.79 Å². The van der Waals surface area contributed by atoms with Gasteiger partial charge in [0.2, 0.25) is 0 Å². The summed E-state index contributed by atoms with van der Waals surface area (Å²) in [4.78, 5) is 20.8. The van der Waals surface area contributed by atoms with Crippen molar-refractivity contribution in [1.29, 1.82) is 0 Å². The summed E-state index contributed by atoms with van der Waals surface area (Å²) in [7, 11) is 0. The summed E-state index contributed by atoms with van der Waals surface area (Å²) in [6, 6.07) is 13.0. The van der Waals surface area contributed by atoms with E-state index >= 15 is 0 Å². The molecule has 1 amide bonds. The Labute approximate surface area is 150 Å². The van der Waals surface area contributed by atoms with E-state index in [1.807, 2.05) is 41.2 Å². The third kappa shape index (κ3) is 3.51. The Bertz CT molecular complexity index is 1010. The summed E-state index contributed by atoms with van der Waals surface area (Å²) < 4.78 is 3.59. The van der Waals surface area contributed by atoms with Crippen molar-refractivity contribution in [2.45, 2.75) is 6.54 Å². The standard InChI is InChI=1S/C19H16N6O/c26-19(16-5-7-21-18(12-16)24-10-8-20-14-24)23-17-4-1-3-15(11-17)13-25-9-2-6-22-25/h1-12,14H,13H2,(H,23,26). The Morgan fingerprint density at radius 3 is 2.81 bits per heavy atom. The maximum absolute atomic E-state index is 12.6. The fourth-order valence-corrected chi connectivity index (χ4v) is 2.63. The molecule has 1 N–H and O–H groups in total. The number of amides is 1. The number of hydrogen-bond acceptors (Lipinski definition) is 4. The highest BCUT2D eigenvalue weighted by molar-refractivity contribution is 6.04. The molecule has 7 nitrogen and oxygen atoms in total. The van der Waals surface area contributed by atoms with Gasteiger partial charge >= 0.3 is 0 Å². The number of pyridine rings is 1. The van der Waals surface area contributed by atoms with E-state index in [4.69, 9.17) is 0 Å².